The van der Waals surface area contributed by atoms with Gasteiger partial charge in [-0.25, -0.2) is 14.4 Å². The van der Waals surface area contributed by atoms with Gasteiger partial charge in [-0.1, -0.05) is 159 Å². The minimum atomic E-state index is -0.857. The first-order valence-electron chi connectivity index (χ1n) is 18.9. The van der Waals surface area contributed by atoms with Gasteiger partial charge in [-0.05, 0) is 25.7 Å². The summed E-state index contributed by atoms with van der Waals surface area (Å²) >= 11 is 0. The summed E-state index contributed by atoms with van der Waals surface area (Å²) < 4.78 is 13.9. The summed E-state index contributed by atoms with van der Waals surface area (Å²) in [6, 6.07) is 39.3. The maximum Gasteiger partial charge on any atom is 0.336 e. The molecule has 2 saturated carbocycles. The van der Waals surface area contributed by atoms with Crippen LogP contribution in [0.2, 0.25) is 0 Å². The molecule has 0 amide bonds. The second-order valence-corrected chi connectivity index (χ2v) is 13.9. The molecule has 9 nitrogen and oxygen atoms in total. The van der Waals surface area contributed by atoms with Gasteiger partial charge < -0.3 is 19.3 Å². The van der Waals surface area contributed by atoms with Gasteiger partial charge in [0.15, 0.2) is 5.54 Å². The van der Waals surface area contributed by atoms with Crippen molar-refractivity contribution in [2.24, 2.45) is 27.6 Å². The number of rotatable bonds is 13. The van der Waals surface area contributed by atoms with Gasteiger partial charge in [0.05, 0.1) is 39.8 Å². The fourth-order valence-corrected chi connectivity index (χ4v) is 6.25. The Bertz CT molecular complexity index is 1930. The molecule has 312 valence electrons. The Morgan fingerprint density at radius 2 is 1.03 bits per heavy atom. The minimum Gasteiger partial charge on any atom is -0.450 e. The lowest BCUT2D eigenvalue weighted by Gasteiger charge is -2.14. The number of carbonyl (C=O) groups excluding carboxylic acids is 3. The van der Waals surface area contributed by atoms with Gasteiger partial charge in [0.1, 0.15) is 12.1 Å². The highest BCUT2D eigenvalue weighted by molar-refractivity contribution is 7.11. The lowest BCUT2D eigenvalue weighted by molar-refractivity contribution is -0.136. The average molecular weight is 874 g/mol. The predicted octanol–water partition coefficient (Wildman–Crippen LogP) is 9.67. The zero-order valence-electron chi connectivity index (χ0n) is 33.5. The first-order chi connectivity index (χ1) is 28.1. The van der Waals surface area contributed by atoms with E-state index < -0.39 is 11.1 Å². The average Bonchev–Trinajstić information content (AvgIpc) is 4.20. The van der Waals surface area contributed by atoms with Gasteiger partial charge in [-0.15, -0.1) is 25.6 Å². The Hall–Kier alpha value is -4.61. The smallest absolute Gasteiger partial charge is 0.336 e. The van der Waals surface area contributed by atoms with Crippen molar-refractivity contribution in [3.05, 3.63) is 181 Å². The van der Waals surface area contributed by atoms with Crippen molar-refractivity contribution in [2.45, 2.75) is 50.6 Å². The molecule has 59 heavy (non-hydrogen) atoms. The molecule has 7 atom stereocenters. The molecule has 0 aliphatic heterocycles. The van der Waals surface area contributed by atoms with Crippen LogP contribution >= 0.6 is 40.8 Å². The normalized spacial score (nSPS) is 19.0. The van der Waals surface area contributed by atoms with Gasteiger partial charge in [0.25, 0.3) is 0 Å². The molecule has 0 radical (unpaired) electrons. The van der Waals surface area contributed by atoms with Gasteiger partial charge >= 0.3 is 17.9 Å². The SMILES string of the molecule is C=CC1CC1(N)C(=O)OP.C=CC1CC1(N=C(c1ccccc1)c1ccccc1)C(=O)OP.CCC=CCC.Cl.O=C(CN=C(c1ccccc1)c1ccccc1)OP. The monoisotopic (exact) mass is 873 g/mol. The molecular formula is C46H55ClN3O6P3. The summed E-state index contributed by atoms with van der Waals surface area (Å²) in [6.07, 6.45) is 11.5. The first kappa shape index (κ1) is 50.5. The molecule has 0 heterocycles. The van der Waals surface area contributed by atoms with Crippen LogP contribution in [0, 0.1) is 11.8 Å². The second kappa shape index (κ2) is 26.5. The second-order valence-electron chi connectivity index (χ2n) is 13.2. The Kier molecular flexibility index (Phi) is 22.7. The van der Waals surface area contributed by atoms with Crippen LogP contribution < -0.4 is 5.73 Å². The zero-order chi connectivity index (χ0) is 42.4. The molecule has 0 spiro atoms. The van der Waals surface area contributed by atoms with Gasteiger partial charge in [-0.3, -0.25) is 9.98 Å². The Morgan fingerprint density at radius 1 is 0.644 bits per heavy atom. The summed E-state index contributed by atoms with van der Waals surface area (Å²) in [4.78, 5) is 43.5. The fourth-order valence-electron chi connectivity index (χ4n) is 5.75. The molecule has 13 heteroatoms. The van der Waals surface area contributed by atoms with E-state index in [9.17, 15) is 14.4 Å². The number of halogens is 1. The predicted molar refractivity (Wildman–Crippen MR) is 253 cm³/mol. The third kappa shape index (κ3) is 15.2. The van der Waals surface area contributed by atoms with Crippen molar-refractivity contribution in [1.82, 2.24) is 0 Å². The fraction of sp³-hybridized carbons (Fsp3) is 0.239. The molecular weight excluding hydrogens is 819 g/mol. The highest BCUT2D eigenvalue weighted by atomic mass is 35.5. The van der Waals surface area contributed by atoms with Crippen molar-refractivity contribution in [2.75, 3.05) is 6.54 Å². The summed E-state index contributed by atoms with van der Waals surface area (Å²) in [5, 5.41) is 0. The number of nitrogens with zero attached hydrogens (tertiary/aromatic N) is 2. The van der Waals surface area contributed by atoms with Crippen molar-refractivity contribution in [3.8, 4) is 0 Å². The van der Waals surface area contributed by atoms with Crippen LogP contribution in [0.5, 0.6) is 0 Å². The van der Waals surface area contributed by atoms with E-state index in [1.807, 2.05) is 150 Å². The van der Waals surface area contributed by atoms with Gasteiger partial charge in [0, 0.05) is 34.1 Å². The Morgan fingerprint density at radius 3 is 1.34 bits per heavy atom. The summed E-state index contributed by atoms with van der Waals surface area (Å²) in [5.41, 5.74) is 9.46. The van der Waals surface area contributed by atoms with Crippen molar-refractivity contribution in [3.63, 3.8) is 0 Å². The van der Waals surface area contributed by atoms with Crippen LogP contribution in [0.25, 0.3) is 0 Å². The zero-order valence-corrected chi connectivity index (χ0v) is 37.8. The van der Waals surface area contributed by atoms with E-state index in [4.69, 9.17) is 15.2 Å². The molecule has 7 unspecified atom stereocenters. The maximum atomic E-state index is 12.3. The molecule has 4 aromatic rings. The molecule has 0 saturated heterocycles. The molecule has 4 aromatic carbocycles. The molecule has 2 N–H and O–H groups in total. The van der Waals surface area contributed by atoms with E-state index in [0.29, 0.717) is 12.8 Å². The third-order valence-corrected chi connectivity index (χ3v) is 9.89. The van der Waals surface area contributed by atoms with Crippen LogP contribution in [-0.2, 0) is 28.0 Å². The van der Waals surface area contributed by atoms with Crippen LogP contribution in [0.1, 0.15) is 61.8 Å². The van der Waals surface area contributed by atoms with Gasteiger partial charge in [0.2, 0.25) is 0 Å². The highest BCUT2D eigenvalue weighted by Crippen LogP contribution is 2.50. The largest absolute Gasteiger partial charge is 0.450 e. The topological polar surface area (TPSA) is 130 Å². The Labute approximate surface area is 362 Å². The number of hydrogen-bond acceptors (Lipinski definition) is 9. The summed E-state index contributed by atoms with van der Waals surface area (Å²) in [7, 11) is 5.86. The van der Waals surface area contributed by atoms with E-state index in [1.54, 1.807) is 12.2 Å². The standard InChI is InChI=1S/C19H18NO2P.C15H14NO2P.C6H10NO2P.C6H12.ClH/c1-2-16-13-19(16,18(21)22-23)20-17(14-9-5-3-6-10-14)15-11-7-4-8-12-15;17-14(18-19)11-16-15(12-7-3-1-4-8-12)13-9-5-2-6-10-13;1-2-4-3-6(4,7)5(8)9-10;1-3-5-6-4-2;/h2-12,16H,1,13,23H2;1-10H,11,19H2;2,4H,1,3,7,10H2;5-6H,3-4H2,1-2H3;1H. The lowest BCUT2D eigenvalue weighted by Crippen LogP contribution is -2.35. The molecule has 6 rings (SSSR count). The number of aliphatic imine (C=N–C) groups is 2. The number of benzene rings is 4. The van der Waals surface area contributed by atoms with E-state index >= 15 is 0 Å². The van der Waals surface area contributed by atoms with E-state index in [-0.39, 0.29) is 48.7 Å². The summed E-state index contributed by atoms with van der Waals surface area (Å²) in [6.45, 7) is 11.6. The van der Waals surface area contributed by atoms with Crippen LogP contribution in [0.15, 0.2) is 169 Å². The molecule has 2 aliphatic rings. The molecule has 2 aliphatic carbocycles. The van der Waals surface area contributed by atoms with Crippen molar-refractivity contribution < 1.29 is 28.0 Å². The molecule has 2 fully saturated rings. The van der Waals surface area contributed by atoms with Crippen molar-refractivity contribution >= 4 is 70.1 Å². The Balaban J connectivity index is 0.000000299. The quantitative estimate of drug-likeness (QED) is 0.0805. The lowest BCUT2D eigenvalue weighted by atomic mass is 10.0. The number of allylic oxidation sites excluding steroid dienone is 2. The van der Waals surface area contributed by atoms with E-state index in [0.717, 1.165) is 33.7 Å². The maximum absolute atomic E-state index is 12.3. The number of carbonyl (C=O) groups is 3. The molecule has 0 bridgehead atoms. The number of hydrogen-bond donors (Lipinski definition) is 1. The van der Waals surface area contributed by atoms with Crippen LogP contribution in [-0.4, -0.2) is 47.0 Å². The van der Waals surface area contributed by atoms with Crippen LogP contribution in [0.4, 0.5) is 0 Å². The highest BCUT2D eigenvalue weighted by Gasteiger charge is 2.60. The van der Waals surface area contributed by atoms with E-state index in [1.165, 1.54) is 12.8 Å². The van der Waals surface area contributed by atoms with Crippen molar-refractivity contribution in [1.29, 1.82) is 0 Å². The van der Waals surface area contributed by atoms with Crippen LogP contribution in [0.3, 0.4) is 0 Å². The first-order valence-corrected chi connectivity index (χ1v) is 20.3. The van der Waals surface area contributed by atoms with Gasteiger partial charge in [-0.2, -0.15) is 0 Å². The number of nitrogens with two attached hydrogens (primary N) is 1. The summed E-state index contributed by atoms with van der Waals surface area (Å²) in [5.74, 6) is -0.980. The third-order valence-electron chi connectivity index (χ3n) is 9.20. The molecule has 0 aromatic heterocycles. The minimum absolute atomic E-state index is 0. The van der Waals surface area contributed by atoms with E-state index in [2.05, 4.69) is 53.2 Å².